The molecule has 3 fully saturated rings. The largest absolute Gasteiger partial charge is 0.416 e. The number of nitrogens with zero attached hydrogens (tertiary/aromatic N) is 1. The zero-order valence-electron chi connectivity index (χ0n) is 20.8. The first kappa shape index (κ1) is 24.4. The van der Waals surface area contributed by atoms with E-state index < -0.39 is 17.6 Å². The van der Waals surface area contributed by atoms with Crippen molar-refractivity contribution >= 4 is 11.8 Å². The molecular weight excluding hydrogens is 453 g/mol. The Morgan fingerprint density at radius 3 is 2.63 bits per heavy atom. The summed E-state index contributed by atoms with van der Waals surface area (Å²) in [6, 6.07) is 4.99. The predicted molar refractivity (Wildman–Crippen MR) is 127 cm³/mol. The SMILES string of the molecule is CN1C(=O)C(C(=O)NCc2cccc(C(F)(F)F)c2)=C[C@@]2(C)C1CC[C@@H]1[C@H]2CC[C@]2(C)CCC[C@@H]12. The van der Waals surface area contributed by atoms with E-state index in [0.29, 0.717) is 28.7 Å². The lowest BCUT2D eigenvalue weighted by molar-refractivity contribution is -0.141. The molecule has 2 amide bonds. The van der Waals surface area contributed by atoms with Crippen LogP contribution in [0.25, 0.3) is 0 Å². The smallest absolute Gasteiger partial charge is 0.348 e. The molecule has 1 heterocycles. The van der Waals surface area contributed by atoms with E-state index in [1.165, 1.54) is 31.7 Å². The molecule has 4 nitrogen and oxygen atoms in total. The van der Waals surface area contributed by atoms with Crippen molar-refractivity contribution in [2.45, 2.75) is 77.6 Å². The third-order valence-corrected chi connectivity index (χ3v) is 9.93. The van der Waals surface area contributed by atoms with Gasteiger partial charge in [-0.25, -0.2) is 0 Å². The zero-order chi connectivity index (χ0) is 25.2. The summed E-state index contributed by atoms with van der Waals surface area (Å²) in [5.41, 5.74) is -0.135. The van der Waals surface area contributed by atoms with Crippen LogP contribution in [0, 0.1) is 28.6 Å². The predicted octanol–water partition coefficient (Wildman–Crippen LogP) is 5.72. The Bertz CT molecular complexity index is 1070. The van der Waals surface area contributed by atoms with Gasteiger partial charge in [0.05, 0.1) is 5.56 Å². The Labute approximate surface area is 205 Å². The summed E-state index contributed by atoms with van der Waals surface area (Å²) in [4.78, 5) is 28.1. The van der Waals surface area contributed by atoms with Gasteiger partial charge in [0.1, 0.15) is 5.57 Å². The van der Waals surface area contributed by atoms with Gasteiger partial charge in [-0.2, -0.15) is 13.2 Å². The van der Waals surface area contributed by atoms with Gasteiger partial charge in [-0.05, 0) is 79.4 Å². The van der Waals surface area contributed by atoms with E-state index in [-0.39, 0.29) is 29.5 Å². The second-order valence-electron chi connectivity index (χ2n) is 11.8. The van der Waals surface area contributed by atoms with E-state index in [0.717, 1.165) is 31.4 Å². The first-order valence-corrected chi connectivity index (χ1v) is 12.9. The van der Waals surface area contributed by atoms with Crippen LogP contribution >= 0.6 is 0 Å². The van der Waals surface area contributed by atoms with Crippen LogP contribution in [0.2, 0.25) is 0 Å². The first-order valence-electron chi connectivity index (χ1n) is 12.9. The summed E-state index contributed by atoms with van der Waals surface area (Å²) in [5.74, 6) is 0.953. The first-order chi connectivity index (χ1) is 16.4. The lowest BCUT2D eigenvalue weighted by Crippen LogP contribution is -2.61. The molecule has 1 unspecified atom stereocenters. The highest BCUT2D eigenvalue weighted by Crippen LogP contribution is 2.64. The number of hydrogen-bond acceptors (Lipinski definition) is 2. The molecule has 4 aliphatic rings. The second kappa shape index (κ2) is 8.38. The van der Waals surface area contributed by atoms with Gasteiger partial charge in [0.15, 0.2) is 0 Å². The van der Waals surface area contributed by atoms with E-state index in [2.05, 4.69) is 19.2 Å². The van der Waals surface area contributed by atoms with Crippen LogP contribution in [0.5, 0.6) is 0 Å². The topological polar surface area (TPSA) is 49.4 Å². The third kappa shape index (κ3) is 3.99. The van der Waals surface area contributed by atoms with Gasteiger partial charge in [0.25, 0.3) is 11.8 Å². The molecule has 3 aliphatic carbocycles. The maximum absolute atomic E-state index is 13.2. The molecule has 0 bridgehead atoms. The number of nitrogens with one attached hydrogen (secondary N) is 1. The maximum Gasteiger partial charge on any atom is 0.416 e. The van der Waals surface area contributed by atoms with Crippen molar-refractivity contribution in [2.24, 2.45) is 28.6 Å². The molecule has 1 N–H and O–H groups in total. The Hall–Kier alpha value is -2.31. The number of likely N-dealkylation sites (N-methyl/N-ethyl adjacent to an activating group) is 1. The summed E-state index contributed by atoms with van der Waals surface area (Å²) in [5, 5.41) is 2.70. The van der Waals surface area contributed by atoms with Crippen molar-refractivity contribution in [3.05, 3.63) is 47.0 Å². The van der Waals surface area contributed by atoms with E-state index in [4.69, 9.17) is 0 Å². The number of fused-ring (bicyclic) bond motifs is 5. The monoisotopic (exact) mass is 488 g/mol. The Morgan fingerprint density at radius 1 is 1.11 bits per heavy atom. The molecule has 0 saturated heterocycles. The number of benzene rings is 1. The van der Waals surface area contributed by atoms with Crippen molar-refractivity contribution < 1.29 is 22.8 Å². The molecule has 6 atom stereocenters. The molecule has 1 aromatic rings. The summed E-state index contributed by atoms with van der Waals surface area (Å²) < 4.78 is 39.1. The third-order valence-electron chi connectivity index (χ3n) is 9.93. The van der Waals surface area contributed by atoms with Gasteiger partial charge < -0.3 is 10.2 Å². The van der Waals surface area contributed by atoms with Gasteiger partial charge in [0.2, 0.25) is 0 Å². The number of halogens is 3. The van der Waals surface area contributed by atoms with E-state index in [1.54, 1.807) is 18.0 Å². The second-order valence-corrected chi connectivity index (χ2v) is 11.8. The molecule has 35 heavy (non-hydrogen) atoms. The average Bonchev–Trinajstić information content (AvgIpc) is 3.21. The highest BCUT2D eigenvalue weighted by molar-refractivity contribution is 6.19. The molecule has 7 heteroatoms. The minimum absolute atomic E-state index is 0.0658. The highest BCUT2D eigenvalue weighted by atomic mass is 19.4. The highest BCUT2D eigenvalue weighted by Gasteiger charge is 2.59. The van der Waals surface area contributed by atoms with Crippen LogP contribution < -0.4 is 5.32 Å². The van der Waals surface area contributed by atoms with Gasteiger partial charge in [-0.15, -0.1) is 0 Å². The van der Waals surface area contributed by atoms with Gasteiger partial charge >= 0.3 is 6.18 Å². The summed E-state index contributed by atoms with van der Waals surface area (Å²) in [6.45, 7) is 4.60. The quantitative estimate of drug-likeness (QED) is 0.553. The lowest BCUT2D eigenvalue weighted by Gasteiger charge is -2.60. The minimum atomic E-state index is -4.44. The van der Waals surface area contributed by atoms with E-state index >= 15 is 0 Å². The standard InChI is InChI=1S/C28H35F3N2O2/c1-26-12-5-8-21(26)19-9-10-23-27(2,22(19)11-13-26)15-20(25(35)33(23)3)24(34)32-16-17-6-4-7-18(14-17)28(29,30)31/h4,6-7,14-15,19,21-23H,5,8-13,16H2,1-3H3,(H,32,34)/t19-,21-,22+,23?,26-,27+/m0/s1. The average molecular weight is 489 g/mol. The van der Waals surface area contributed by atoms with Crippen LogP contribution in [0.15, 0.2) is 35.9 Å². The molecule has 190 valence electrons. The normalized spacial score (nSPS) is 36.7. The molecule has 1 aliphatic heterocycles. The van der Waals surface area contributed by atoms with Crippen LogP contribution in [0.4, 0.5) is 13.2 Å². The number of carbonyl (C=O) groups excluding carboxylic acids is 2. The van der Waals surface area contributed by atoms with E-state index in [9.17, 15) is 22.8 Å². The fraction of sp³-hybridized carbons (Fsp3) is 0.643. The minimum Gasteiger partial charge on any atom is -0.348 e. The zero-order valence-corrected chi connectivity index (χ0v) is 20.8. The van der Waals surface area contributed by atoms with Crippen LogP contribution in [-0.2, 0) is 22.3 Å². The van der Waals surface area contributed by atoms with Gasteiger partial charge in [0, 0.05) is 25.0 Å². The van der Waals surface area contributed by atoms with E-state index in [1.807, 2.05) is 6.08 Å². The fourth-order valence-electron chi connectivity index (χ4n) is 8.18. The van der Waals surface area contributed by atoms with Crippen LogP contribution in [-0.4, -0.2) is 29.8 Å². The van der Waals surface area contributed by atoms with Crippen LogP contribution in [0.3, 0.4) is 0 Å². The number of alkyl halides is 3. The number of hydrogen-bond donors (Lipinski definition) is 1. The number of amides is 2. The maximum atomic E-state index is 13.2. The molecule has 1 aromatic carbocycles. The van der Waals surface area contributed by atoms with Crippen molar-refractivity contribution in [1.82, 2.24) is 10.2 Å². The van der Waals surface area contributed by atoms with Crippen molar-refractivity contribution in [3.63, 3.8) is 0 Å². The van der Waals surface area contributed by atoms with Crippen LogP contribution in [0.1, 0.15) is 69.9 Å². The Balaban J connectivity index is 1.39. The summed E-state index contributed by atoms with van der Waals surface area (Å²) >= 11 is 0. The summed E-state index contributed by atoms with van der Waals surface area (Å²) in [6.07, 6.45) is 5.75. The Morgan fingerprint density at radius 2 is 1.89 bits per heavy atom. The molecular formula is C28H35F3N2O2. The van der Waals surface area contributed by atoms with Gasteiger partial charge in [-0.1, -0.05) is 38.5 Å². The molecule has 5 rings (SSSR count). The number of carbonyl (C=O) groups is 2. The van der Waals surface area contributed by atoms with Crippen molar-refractivity contribution in [2.75, 3.05) is 7.05 Å². The summed E-state index contributed by atoms with van der Waals surface area (Å²) in [7, 11) is 1.79. The molecule has 3 saturated carbocycles. The van der Waals surface area contributed by atoms with Gasteiger partial charge in [-0.3, -0.25) is 9.59 Å². The Kier molecular flexibility index (Phi) is 5.84. The lowest BCUT2D eigenvalue weighted by atomic mass is 9.48. The molecule has 0 spiro atoms. The molecule has 0 radical (unpaired) electrons. The molecule has 0 aromatic heterocycles. The fourth-order valence-corrected chi connectivity index (χ4v) is 8.18. The van der Waals surface area contributed by atoms with Crippen molar-refractivity contribution in [1.29, 1.82) is 0 Å². The number of rotatable bonds is 3. The van der Waals surface area contributed by atoms with Crippen molar-refractivity contribution in [3.8, 4) is 0 Å².